The second kappa shape index (κ2) is 6.03. The first kappa shape index (κ1) is 13.1. The highest BCUT2D eigenvalue weighted by Crippen LogP contribution is 2.34. The van der Waals surface area contributed by atoms with E-state index in [9.17, 15) is 5.11 Å². The summed E-state index contributed by atoms with van der Waals surface area (Å²) in [5.41, 5.74) is 0.877. The zero-order valence-corrected chi connectivity index (χ0v) is 11.6. The Hall–Kier alpha value is -0.910. The smallest absolute Gasteiger partial charge is 0.231 e. The average Bonchev–Trinajstić information content (AvgIpc) is 2.93. The van der Waals surface area contributed by atoms with Gasteiger partial charge in [-0.1, -0.05) is 6.07 Å². The van der Waals surface area contributed by atoms with E-state index in [2.05, 4.69) is 5.32 Å². The molecule has 104 valence electrons. The molecular weight excluding hydrogens is 262 g/mol. The molecule has 2 heterocycles. The SMILES string of the molecule is OC(CNC1CCSCC1)c1ccc2c(c1)OCO2. The Morgan fingerprint density at radius 2 is 2.05 bits per heavy atom. The van der Waals surface area contributed by atoms with Gasteiger partial charge in [0.2, 0.25) is 6.79 Å². The predicted molar refractivity (Wildman–Crippen MR) is 75.9 cm³/mol. The van der Waals surface area contributed by atoms with Gasteiger partial charge in [-0.25, -0.2) is 0 Å². The standard InChI is InChI=1S/C14H19NO3S/c16-12(8-15-11-3-5-19-6-4-11)10-1-2-13-14(7-10)18-9-17-13/h1-2,7,11-12,15-16H,3-6,8-9H2. The first-order chi connectivity index (χ1) is 9.33. The Balaban J connectivity index is 1.56. The van der Waals surface area contributed by atoms with Crippen LogP contribution in [0.5, 0.6) is 11.5 Å². The van der Waals surface area contributed by atoms with E-state index < -0.39 is 6.10 Å². The van der Waals surface area contributed by atoms with Gasteiger partial charge in [-0.3, -0.25) is 0 Å². The number of thioether (sulfide) groups is 1. The number of benzene rings is 1. The normalized spacial score (nSPS) is 20.5. The highest BCUT2D eigenvalue weighted by molar-refractivity contribution is 7.99. The van der Waals surface area contributed by atoms with Gasteiger partial charge in [0.15, 0.2) is 11.5 Å². The molecule has 0 bridgehead atoms. The van der Waals surface area contributed by atoms with E-state index in [-0.39, 0.29) is 6.79 Å². The molecule has 5 heteroatoms. The third kappa shape index (κ3) is 3.16. The largest absolute Gasteiger partial charge is 0.454 e. The van der Waals surface area contributed by atoms with Gasteiger partial charge < -0.3 is 19.9 Å². The van der Waals surface area contributed by atoms with Crippen molar-refractivity contribution in [2.45, 2.75) is 25.0 Å². The van der Waals surface area contributed by atoms with Crippen LogP contribution in [0.15, 0.2) is 18.2 Å². The van der Waals surface area contributed by atoms with Crippen molar-refractivity contribution in [2.75, 3.05) is 24.8 Å². The summed E-state index contributed by atoms with van der Waals surface area (Å²) in [4.78, 5) is 0. The number of aliphatic hydroxyl groups is 1. The van der Waals surface area contributed by atoms with Crippen LogP contribution in [-0.2, 0) is 0 Å². The Bertz CT molecular complexity index is 435. The maximum absolute atomic E-state index is 10.2. The molecule has 2 aliphatic rings. The number of hydrogen-bond acceptors (Lipinski definition) is 5. The molecule has 0 radical (unpaired) electrons. The molecule has 19 heavy (non-hydrogen) atoms. The van der Waals surface area contributed by atoms with Crippen LogP contribution in [0.2, 0.25) is 0 Å². The van der Waals surface area contributed by atoms with E-state index >= 15 is 0 Å². The van der Waals surface area contributed by atoms with Gasteiger partial charge >= 0.3 is 0 Å². The van der Waals surface area contributed by atoms with Gasteiger partial charge in [-0.2, -0.15) is 11.8 Å². The van der Waals surface area contributed by atoms with Crippen LogP contribution in [-0.4, -0.2) is 36.0 Å². The van der Waals surface area contributed by atoms with Crippen molar-refractivity contribution < 1.29 is 14.6 Å². The summed E-state index contributed by atoms with van der Waals surface area (Å²) in [5.74, 6) is 3.93. The molecule has 1 atom stereocenters. The van der Waals surface area contributed by atoms with Crippen molar-refractivity contribution in [2.24, 2.45) is 0 Å². The monoisotopic (exact) mass is 281 g/mol. The molecule has 1 aromatic rings. The lowest BCUT2D eigenvalue weighted by Gasteiger charge is -2.24. The maximum Gasteiger partial charge on any atom is 0.231 e. The third-order valence-electron chi connectivity index (χ3n) is 3.60. The highest BCUT2D eigenvalue weighted by Gasteiger charge is 2.18. The van der Waals surface area contributed by atoms with Crippen LogP contribution < -0.4 is 14.8 Å². The molecule has 0 saturated carbocycles. The van der Waals surface area contributed by atoms with E-state index in [4.69, 9.17) is 9.47 Å². The van der Waals surface area contributed by atoms with Crippen molar-refractivity contribution in [1.82, 2.24) is 5.32 Å². The number of fused-ring (bicyclic) bond motifs is 1. The van der Waals surface area contributed by atoms with Crippen LogP contribution in [0.3, 0.4) is 0 Å². The summed E-state index contributed by atoms with van der Waals surface area (Å²) in [7, 11) is 0. The number of aliphatic hydroxyl groups excluding tert-OH is 1. The average molecular weight is 281 g/mol. The third-order valence-corrected chi connectivity index (χ3v) is 4.65. The fraction of sp³-hybridized carbons (Fsp3) is 0.571. The number of ether oxygens (including phenoxy) is 2. The molecule has 2 aliphatic heterocycles. The predicted octanol–water partition coefficient (Wildman–Crippen LogP) is 1.93. The van der Waals surface area contributed by atoms with Crippen LogP contribution in [0, 0.1) is 0 Å². The summed E-state index contributed by atoms with van der Waals surface area (Å²) in [5, 5.41) is 13.7. The van der Waals surface area contributed by atoms with Crippen molar-refractivity contribution in [3.63, 3.8) is 0 Å². The lowest BCUT2D eigenvalue weighted by molar-refractivity contribution is 0.166. The van der Waals surface area contributed by atoms with Crippen LogP contribution in [0.25, 0.3) is 0 Å². The molecule has 0 spiro atoms. The fourth-order valence-electron chi connectivity index (χ4n) is 2.42. The van der Waals surface area contributed by atoms with E-state index in [1.165, 1.54) is 24.3 Å². The summed E-state index contributed by atoms with van der Waals surface area (Å²) in [6, 6.07) is 6.17. The number of hydrogen-bond donors (Lipinski definition) is 2. The Morgan fingerprint density at radius 1 is 1.26 bits per heavy atom. The van der Waals surface area contributed by atoms with Gasteiger partial charge in [0.25, 0.3) is 0 Å². The van der Waals surface area contributed by atoms with Crippen LogP contribution in [0.1, 0.15) is 24.5 Å². The van der Waals surface area contributed by atoms with Gasteiger partial charge in [0.05, 0.1) is 6.10 Å². The lowest BCUT2D eigenvalue weighted by Crippen LogP contribution is -2.35. The first-order valence-corrected chi connectivity index (χ1v) is 7.87. The molecule has 1 aromatic carbocycles. The minimum atomic E-state index is -0.496. The molecule has 3 rings (SSSR count). The molecule has 4 nitrogen and oxygen atoms in total. The van der Waals surface area contributed by atoms with Crippen molar-refractivity contribution in [3.8, 4) is 11.5 Å². The first-order valence-electron chi connectivity index (χ1n) is 6.71. The van der Waals surface area contributed by atoms with Gasteiger partial charge in [0.1, 0.15) is 0 Å². The zero-order valence-electron chi connectivity index (χ0n) is 10.8. The van der Waals surface area contributed by atoms with Crippen LogP contribution in [0.4, 0.5) is 0 Å². The molecule has 1 saturated heterocycles. The molecule has 0 amide bonds. The van der Waals surface area contributed by atoms with Crippen molar-refractivity contribution in [3.05, 3.63) is 23.8 Å². The van der Waals surface area contributed by atoms with E-state index in [1.54, 1.807) is 0 Å². The van der Waals surface area contributed by atoms with E-state index in [1.807, 2.05) is 30.0 Å². The molecule has 0 aromatic heterocycles. The second-order valence-corrected chi connectivity index (χ2v) is 6.15. The minimum Gasteiger partial charge on any atom is -0.454 e. The molecule has 0 aliphatic carbocycles. The molecule has 2 N–H and O–H groups in total. The van der Waals surface area contributed by atoms with Gasteiger partial charge in [0, 0.05) is 12.6 Å². The second-order valence-electron chi connectivity index (χ2n) is 4.92. The van der Waals surface area contributed by atoms with Gasteiger partial charge in [-0.05, 0) is 42.0 Å². The van der Waals surface area contributed by atoms with E-state index in [0.717, 1.165) is 17.1 Å². The van der Waals surface area contributed by atoms with E-state index in [0.29, 0.717) is 12.6 Å². The zero-order chi connectivity index (χ0) is 13.1. The summed E-state index contributed by atoms with van der Waals surface area (Å²) < 4.78 is 10.6. The summed E-state index contributed by atoms with van der Waals surface area (Å²) >= 11 is 2.01. The number of nitrogens with one attached hydrogen (secondary N) is 1. The minimum absolute atomic E-state index is 0.271. The Labute approximate surface area is 117 Å². The quantitative estimate of drug-likeness (QED) is 0.883. The van der Waals surface area contributed by atoms with Gasteiger partial charge in [-0.15, -0.1) is 0 Å². The summed E-state index contributed by atoms with van der Waals surface area (Å²) in [6.45, 7) is 0.863. The summed E-state index contributed by atoms with van der Waals surface area (Å²) in [6.07, 6.45) is 1.89. The fourth-order valence-corrected chi connectivity index (χ4v) is 3.52. The number of rotatable bonds is 4. The Morgan fingerprint density at radius 3 is 2.89 bits per heavy atom. The maximum atomic E-state index is 10.2. The highest BCUT2D eigenvalue weighted by atomic mass is 32.2. The topological polar surface area (TPSA) is 50.7 Å². The van der Waals surface area contributed by atoms with Crippen molar-refractivity contribution in [1.29, 1.82) is 0 Å². The molecule has 1 unspecified atom stereocenters. The van der Waals surface area contributed by atoms with Crippen molar-refractivity contribution >= 4 is 11.8 Å². The van der Waals surface area contributed by atoms with Crippen LogP contribution >= 0.6 is 11.8 Å². The molecular formula is C14H19NO3S. The lowest BCUT2D eigenvalue weighted by atomic mass is 10.1. The Kier molecular flexibility index (Phi) is 4.15. The molecule has 1 fully saturated rings.